The van der Waals surface area contributed by atoms with Gasteiger partial charge in [0.1, 0.15) is 0 Å². The summed E-state index contributed by atoms with van der Waals surface area (Å²) in [7, 11) is 0. The van der Waals surface area contributed by atoms with Gasteiger partial charge >= 0.3 is 0 Å². The summed E-state index contributed by atoms with van der Waals surface area (Å²) >= 11 is 0. The molecular weight excluding hydrogens is 204 g/mol. The van der Waals surface area contributed by atoms with E-state index < -0.39 is 0 Å². The third-order valence-electron chi connectivity index (χ3n) is 2.43. The predicted molar refractivity (Wildman–Crippen MR) is 80.2 cm³/mol. The second-order valence-corrected chi connectivity index (χ2v) is 5.35. The molecule has 0 unspecified atom stereocenters. The van der Waals surface area contributed by atoms with E-state index in [9.17, 15) is 0 Å². The van der Waals surface area contributed by atoms with E-state index in [4.69, 9.17) is 0 Å². The molecule has 0 saturated heterocycles. The fourth-order valence-electron chi connectivity index (χ4n) is 1.62. The number of hydrogen-bond donors (Lipinski definition) is 0. The van der Waals surface area contributed by atoms with Gasteiger partial charge < -0.3 is 0 Å². The topological polar surface area (TPSA) is 0 Å². The Kier molecular flexibility index (Phi) is 8.49. The summed E-state index contributed by atoms with van der Waals surface area (Å²) in [6, 6.07) is 0. The van der Waals surface area contributed by atoms with E-state index in [1.54, 1.807) is 0 Å². The molecule has 0 aromatic heterocycles. The van der Waals surface area contributed by atoms with Crippen molar-refractivity contribution in [2.45, 2.75) is 54.4 Å². The fourth-order valence-corrected chi connectivity index (χ4v) is 1.62. The zero-order valence-electron chi connectivity index (χ0n) is 12.4. The van der Waals surface area contributed by atoms with E-state index >= 15 is 0 Å². The van der Waals surface area contributed by atoms with Crippen LogP contribution in [0.3, 0.4) is 0 Å². The summed E-state index contributed by atoms with van der Waals surface area (Å²) in [5, 5.41) is 0. The van der Waals surface area contributed by atoms with Gasteiger partial charge in [-0.25, -0.2) is 0 Å². The van der Waals surface area contributed by atoms with Gasteiger partial charge in [0.2, 0.25) is 0 Å². The fraction of sp³-hybridized carbons (Fsp3) is 0.529. The third-order valence-corrected chi connectivity index (χ3v) is 2.43. The first-order valence-electron chi connectivity index (χ1n) is 6.57. The lowest BCUT2D eigenvalue weighted by molar-refractivity contribution is 0.825. The van der Waals surface area contributed by atoms with Crippen LogP contribution in [0.5, 0.6) is 0 Å². The van der Waals surface area contributed by atoms with E-state index in [2.05, 4.69) is 71.9 Å². The minimum Gasteiger partial charge on any atom is -0.0856 e. The summed E-state index contributed by atoms with van der Waals surface area (Å²) < 4.78 is 0. The van der Waals surface area contributed by atoms with Gasteiger partial charge in [-0.05, 0) is 46.5 Å². The normalized spacial score (nSPS) is 13.6. The van der Waals surface area contributed by atoms with Crippen LogP contribution in [0, 0.1) is 5.92 Å². The van der Waals surface area contributed by atoms with Gasteiger partial charge in [-0.2, -0.15) is 0 Å². The average molecular weight is 232 g/mol. The molecule has 0 aliphatic rings. The van der Waals surface area contributed by atoms with Crippen LogP contribution in [-0.2, 0) is 0 Å². The maximum Gasteiger partial charge on any atom is -0.0285 e. The quantitative estimate of drug-likeness (QED) is 0.399. The van der Waals surface area contributed by atoms with Crippen molar-refractivity contribution in [2.75, 3.05) is 0 Å². The zero-order chi connectivity index (χ0) is 13.3. The van der Waals surface area contributed by atoms with Crippen LogP contribution in [0.25, 0.3) is 0 Å². The number of hydrogen-bond acceptors (Lipinski definition) is 0. The van der Waals surface area contributed by atoms with Crippen LogP contribution in [-0.4, -0.2) is 0 Å². The van der Waals surface area contributed by atoms with Crippen molar-refractivity contribution in [1.29, 1.82) is 0 Å². The molecule has 0 aliphatic carbocycles. The van der Waals surface area contributed by atoms with Gasteiger partial charge in [-0.3, -0.25) is 0 Å². The second-order valence-electron chi connectivity index (χ2n) is 5.35. The van der Waals surface area contributed by atoms with E-state index in [0.29, 0.717) is 5.92 Å². The van der Waals surface area contributed by atoms with Crippen LogP contribution in [0.4, 0.5) is 0 Å². The lowest BCUT2D eigenvalue weighted by atomic mass is 10.1. The van der Waals surface area contributed by atoms with Gasteiger partial charge in [-0.15, -0.1) is 0 Å². The Morgan fingerprint density at radius 1 is 1.06 bits per heavy atom. The van der Waals surface area contributed by atoms with Crippen LogP contribution in [0.15, 0.2) is 47.1 Å². The Bertz CT molecular complexity index is 318. The van der Waals surface area contributed by atoms with E-state index in [1.807, 2.05) is 0 Å². The van der Waals surface area contributed by atoms with Crippen LogP contribution in [0.2, 0.25) is 0 Å². The molecule has 96 valence electrons. The summed E-state index contributed by atoms with van der Waals surface area (Å²) in [6.07, 6.45) is 13.4. The first kappa shape index (κ1) is 16.0. The van der Waals surface area contributed by atoms with Crippen LogP contribution < -0.4 is 0 Å². The highest BCUT2D eigenvalue weighted by molar-refractivity contribution is 5.22. The molecule has 0 aliphatic heterocycles. The molecule has 0 atom stereocenters. The molecule has 0 bridgehead atoms. The molecule has 0 saturated carbocycles. The lowest BCUT2D eigenvalue weighted by Crippen LogP contribution is -1.80. The van der Waals surface area contributed by atoms with Crippen LogP contribution >= 0.6 is 0 Å². The zero-order valence-corrected chi connectivity index (χ0v) is 12.4. The first-order valence-corrected chi connectivity index (χ1v) is 6.57. The molecular formula is C17H28. The summed E-state index contributed by atoms with van der Waals surface area (Å²) in [4.78, 5) is 0. The first-order chi connectivity index (χ1) is 7.91. The van der Waals surface area contributed by atoms with Gasteiger partial charge in [-0.1, -0.05) is 60.9 Å². The third kappa shape index (κ3) is 11.2. The molecule has 0 spiro atoms. The van der Waals surface area contributed by atoms with Crippen molar-refractivity contribution >= 4 is 0 Å². The highest BCUT2D eigenvalue weighted by atomic mass is 13.9. The Hall–Kier alpha value is -1.04. The van der Waals surface area contributed by atoms with Gasteiger partial charge in [0.15, 0.2) is 0 Å². The molecule has 0 heteroatoms. The van der Waals surface area contributed by atoms with Crippen LogP contribution in [0.1, 0.15) is 54.4 Å². The molecule has 0 aromatic rings. The lowest BCUT2D eigenvalue weighted by Gasteiger charge is -1.98. The molecule has 0 nitrogen and oxygen atoms in total. The molecule has 0 radical (unpaired) electrons. The van der Waals surface area contributed by atoms with Crippen molar-refractivity contribution in [1.82, 2.24) is 0 Å². The molecule has 0 aromatic carbocycles. The maximum absolute atomic E-state index is 2.30. The van der Waals surface area contributed by atoms with Crippen molar-refractivity contribution in [3.8, 4) is 0 Å². The molecule has 0 N–H and O–H groups in total. The highest BCUT2D eigenvalue weighted by Crippen LogP contribution is 2.08. The number of allylic oxidation sites excluding steroid dienone is 8. The average Bonchev–Trinajstić information content (AvgIpc) is 2.15. The predicted octanol–water partition coefficient (Wildman–Crippen LogP) is 5.84. The van der Waals surface area contributed by atoms with Gasteiger partial charge in [0.05, 0.1) is 0 Å². The maximum atomic E-state index is 2.30. The Morgan fingerprint density at radius 2 is 1.71 bits per heavy atom. The van der Waals surface area contributed by atoms with E-state index in [1.165, 1.54) is 16.7 Å². The monoisotopic (exact) mass is 232 g/mol. The Labute approximate surface area is 108 Å². The minimum atomic E-state index is 0.627. The smallest absolute Gasteiger partial charge is 0.0285 e. The number of rotatable bonds is 6. The molecule has 0 rings (SSSR count). The minimum absolute atomic E-state index is 0.627. The van der Waals surface area contributed by atoms with E-state index in [0.717, 1.165) is 12.8 Å². The highest BCUT2D eigenvalue weighted by Gasteiger charge is 1.88. The Morgan fingerprint density at radius 3 is 2.24 bits per heavy atom. The van der Waals surface area contributed by atoms with Crippen molar-refractivity contribution < 1.29 is 0 Å². The van der Waals surface area contributed by atoms with Gasteiger partial charge in [0, 0.05) is 0 Å². The summed E-state index contributed by atoms with van der Waals surface area (Å²) in [6.45, 7) is 13.1. The summed E-state index contributed by atoms with van der Waals surface area (Å²) in [5.74, 6) is 0.627. The van der Waals surface area contributed by atoms with Crippen molar-refractivity contribution in [3.63, 3.8) is 0 Å². The second kappa shape index (κ2) is 9.04. The SMILES string of the molecule is CC(C)=CCC/C(C)=C/C=C/C(C)=C/C(C)C. The molecule has 0 amide bonds. The standard InChI is InChI=1S/C17H28/c1-14(2)9-7-10-16(5)11-8-12-17(6)13-15(3)4/h8-9,11-13,15H,7,10H2,1-6H3/b12-8+,16-11+,17-13+. The summed E-state index contributed by atoms with van der Waals surface area (Å²) in [5.41, 5.74) is 4.19. The molecule has 0 fully saturated rings. The molecule has 0 heterocycles. The Balaban J connectivity index is 4.14. The van der Waals surface area contributed by atoms with Crippen molar-refractivity contribution in [2.24, 2.45) is 5.92 Å². The van der Waals surface area contributed by atoms with Gasteiger partial charge in [0.25, 0.3) is 0 Å². The van der Waals surface area contributed by atoms with Crippen molar-refractivity contribution in [3.05, 3.63) is 47.1 Å². The van der Waals surface area contributed by atoms with E-state index in [-0.39, 0.29) is 0 Å². The molecule has 17 heavy (non-hydrogen) atoms. The largest absolute Gasteiger partial charge is 0.0856 e.